The Morgan fingerprint density at radius 1 is 1.08 bits per heavy atom. The molecule has 0 saturated carbocycles. The maximum atomic E-state index is 12.5. The van der Waals surface area contributed by atoms with Gasteiger partial charge in [0, 0.05) is 37.3 Å². The molecule has 0 aliphatic heterocycles. The van der Waals surface area contributed by atoms with Gasteiger partial charge in [-0.3, -0.25) is 4.79 Å². The van der Waals surface area contributed by atoms with E-state index in [0.29, 0.717) is 40.4 Å². The SMILES string of the molecule is Cc1cc(Nc2ncnc3ccn(CCNC(=O)CS(C)(=O)=O)c23)ccc1Oc1cccc(OC(F)(F)F)c1. The Bertz CT molecular complexity index is 1610. The van der Waals surface area contributed by atoms with Gasteiger partial charge in [-0.2, -0.15) is 0 Å². The Kier molecular flexibility index (Phi) is 7.95. The molecule has 14 heteroatoms. The molecule has 0 saturated heterocycles. The molecule has 4 rings (SSSR count). The van der Waals surface area contributed by atoms with Crippen molar-refractivity contribution in [2.24, 2.45) is 0 Å². The van der Waals surface area contributed by atoms with Crippen LogP contribution in [0.3, 0.4) is 0 Å². The number of nitrogens with zero attached hydrogens (tertiary/aromatic N) is 3. The van der Waals surface area contributed by atoms with Gasteiger partial charge in [0.05, 0.1) is 5.52 Å². The highest BCUT2D eigenvalue weighted by atomic mass is 32.2. The van der Waals surface area contributed by atoms with Crippen LogP contribution in [0.5, 0.6) is 17.2 Å². The second-order valence-corrected chi connectivity index (χ2v) is 10.8. The van der Waals surface area contributed by atoms with E-state index in [2.05, 4.69) is 25.3 Å². The lowest BCUT2D eigenvalue weighted by Crippen LogP contribution is -2.32. The number of anilines is 2. The lowest BCUT2D eigenvalue weighted by molar-refractivity contribution is -0.274. The second-order valence-electron chi connectivity index (χ2n) is 8.62. The average Bonchev–Trinajstić information content (AvgIpc) is 3.23. The number of carbonyl (C=O) groups is 1. The van der Waals surface area contributed by atoms with Crippen LogP contribution in [-0.4, -0.2) is 53.8 Å². The van der Waals surface area contributed by atoms with E-state index in [1.165, 1.54) is 24.5 Å². The van der Waals surface area contributed by atoms with Crippen molar-refractivity contribution in [2.75, 3.05) is 23.9 Å². The number of ether oxygens (including phenoxy) is 2. The van der Waals surface area contributed by atoms with Crippen LogP contribution < -0.4 is 20.1 Å². The van der Waals surface area contributed by atoms with Gasteiger partial charge in [0.2, 0.25) is 5.91 Å². The molecule has 206 valence electrons. The van der Waals surface area contributed by atoms with Gasteiger partial charge in [0.1, 0.15) is 34.8 Å². The van der Waals surface area contributed by atoms with Gasteiger partial charge in [0.15, 0.2) is 15.7 Å². The quantitative estimate of drug-likeness (QED) is 0.292. The first kappa shape index (κ1) is 27.7. The number of alkyl halides is 3. The van der Waals surface area contributed by atoms with Gasteiger partial charge >= 0.3 is 6.36 Å². The number of benzene rings is 2. The monoisotopic (exact) mass is 563 g/mol. The van der Waals surface area contributed by atoms with E-state index < -0.39 is 27.9 Å². The smallest absolute Gasteiger partial charge is 0.457 e. The summed E-state index contributed by atoms with van der Waals surface area (Å²) in [5, 5.41) is 5.81. The van der Waals surface area contributed by atoms with E-state index in [1.54, 1.807) is 37.4 Å². The van der Waals surface area contributed by atoms with Crippen molar-refractivity contribution in [3.05, 3.63) is 66.6 Å². The van der Waals surface area contributed by atoms with Gasteiger partial charge in [-0.05, 0) is 48.9 Å². The number of hydrogen-bond donors (Lipinski definition) is 2. The van der Waals surface area contributed by atoms with E-state index in [0.717, 1.165) is 12.3 Å². The summed E-state index contributed by atoms with van der Waals surface area (Å²) in [7, 11) is -3.42. The summed E-state index contributed by atoms with van der Waals surface area (Å²) in [6.07, 6.45) is -0.623. The number of amides is 1. The first-order chi connectivity index (χ1) is 18.4. The van der Waals surface area contributed by atoms with E-state index in [9.17, 15) is 26.4 Å². The highest BCUT2D eigenvalue weighted by Gasteiger charge is 2.31. The first-order valence-electron chi connectivity index (χ1n) is 11.5. The summed E-state index contributed by atoms with van der Waals surface area (Å²) in [5.74, 6) is -0.438. The number of fused-ring (bicyclic) bond motifs is 1. The topological polar surface area (TPSA) is 124 Å². The molecule has 4 aromatic rings. The summed E-state index contributed by atoms with van der Waals surface area (Å²) in [6, 6.07) is 12.2. The lowest BCUT2D eigenvalue weighted by Gasteiger charge is -2.14. The minimum Gasteiger partial charge on any atom is -0.457 e. The standard InChI is InChI=1S/C25H24F3N5O5S/c1-16-12-17(6-7-21(16)37-18-4-3-5-19(13-18)38-25(26,27)28)32-24-23-20(30-15-31-24)8-10-33(23)11-9-29-22(34)14-39(2,35)36/h3-8,10,12-13,15H,9,11,14H2,1-2H3,(H,29,34)(H,30,31,32). The largest absolute Gasteiger partial charge is 0.573 e. The molecule has 10 nitrogen and oxygen atoms in total. The Morgan fingerprint density at radius 3 is 2.56 bits per heavy atom. The van der Waals surface area contributed by atoms with Gasteiger partial charge in [-0.1, -0.05) is 6.07 Å². The number of carbonyl (C=O) groups excluding carboxylic acids is 1. The Balaban J connectivity index is 1.47. The number of sulfone groups is 1. The fraction of sp³-hybridized carbons (Fsp3) is 0.240. The third-order valence-electron chi connectivity index (χ3n) is 5.32. The lowest BCUT2D eigenvalue weighted by atomic mass is 10.2. The van der Waals surface area contributed by atoms with Crippen LogP contribution in [-0.2, 0) is 21.2 Å². The molecular formula is C25H24F3N5O5S. The Labute approximate surface area is 221 Å². The molecule has 0 aliphatic carbocycles. The average molecular weight is 564 g/mol. The van der Waals surface area contributed by atoms with E-state index >= 15 is 0 Å². The summed E-state index contributed by atoms with van der Waals surface area (Å²) >= 11 is 0. The molecule has 2 N–H and O–H groups in total. The van der Waals surface area contributed by atoms with Crippen molar-refractivity contribution >= 4 is 38.3 Å². The number of aryl methyl sites for hydroxylation is 1. The minimum absolute atomic E-state index is 0.180. The van der Waals surface area contributed by atoms with Crippen molar-refractivity contribution in [2.45, 2.75) is 19.8 Å². The highest BCUT2D eigenvalue weighted by Crippen LogP contribution is 2.32. The normalized spacial score (nSPS) is 11.8. The zero-order valence-corrected chi connectivity index (χ0v) is 21.6. The van der Waals surface area contributed by atoms with Crippen LogP contribution in [0.4, 0.5) is 24.7 Å². The summed E-state index contributed by atoms with van der Waals surface area (Å²) in [4.78, 5) is 20.4. The van der Waals surface area contributed by atoms with E-state index in [1.807, 2.05) is 4.57 Å². The van der Waals surface area contributed by atoms with Crippen LogP contribution >= 0.6 is 0 Å². The predicted octanol–water partition coefficient (Wildman–Crippen LogP) is 4.34. The van der Waals surface area contributed by atoms with Gasteiger partial charge in [-0.15, -0.1) is 13.2 Å². The molecule has 0 spiro atoms. The molecule has 0 atom stereocenters. The van der Waals surface area contributed by atoms with Crippen LogP contribution in [0.1, 0.15) is 5.56 Å². The maximum Gasteiger partial charge on any atom is 0.573 e. The Hall–Kier alpha value is -4.33. The molecule has 2 aromatic carbocycles. The summed E-state index contributed by atoms with van der Waals surface area (Å²) in [6.45, 7) is 2.34. The van der Waals surface area contributed by atoms with Gasteiger partial charge < -0.3 is 24.7 Å². The number of nitrogens with one attached hydrogen (secondary N) is 2. The number of rotatable bonds is 10. The van der Waals surface area contributed by atoms with Crippen molar-refractivity contribution in [3.8, 4) is 17.2 Å². The fourth-order valence-corrected chi connectivity index (χ4v) is 4.33. The van der Waals surface area contributed by atoms with Crippen molar-refractivity contribution < 1.29 is 35.9 Å². The van der Waals surface area contributed by atoms with Crippen molar-refractivity contribution in [1.82, 2.24) is 19.9 Å². The third-order valence-corrected chi connectivity index (χ3v) is 6.11. The molecule has 2 aromatic heterocycles. The predicted molar refractivity (Wildman–Crippen MR) is 138 cm³/mol. The first-order valence-corrected chi connectivity index (χ1v) is 13.6. The molecular weight excluding hydrogens is 539 g/mol. The molecule has 1 amide bonds. The minimum atomic E-state index is -4.81. The third kappa shape index (κ3) is 7.83. The molecule has 39 heavy (non-hydrogen) atoms. The number of hydrogen-bond acceptors (Lipinski definition) is 8. The second kappa shape index (κ2) is 11.2. The maximum absolute atomic E-state index is 12.5. The van der Waals surface area contributed by atoms with Crippen LogP contribution in [0, 0.1) is 6.92 Å². The Morgan fingerprint density at radius 2 is 1.85 bits per heavy atom. The molecule has 0 radical (unpaired) electrons. The van der Waals surface area contributed by atoms with Crippen molar-refractivity contribution in [3.63, 3.8) is 0 Å². The molecule has 0 bridgehead atoms. The molecule has 0 aliphatic rings. The van der Waals surface area contributed by atoms with Crippen LogP contribution in [0.2, 0.25) is 0 Å². The van der Waals surface area contributed by atoms with Crippen LogP contribution in [0.25, 0.3) is 11.0 Å². The zero-order chi connectivity index (χ0) is 28.2. The summed E-state index contributed by atoms with van der Waals surface area (Å²) in [5.41, 5.74) is 2.71. The fourth-order valence-electron chi connectivity index (χ4n) is 3.76. The molecule has 0 unspecified atom stereocenters. The van der Waals surface area contributed by atoms with Gasteiger partial charge in [0.25, 0.3) is 0 Å². The number of aromatic nitrogens is 3. The van der Waals surface area contributed by atoms with Gasteiger partial charge in [-0.25, -0.2) is 18.4 Å². The molecule has 2 heterocycles. The van der Waals surface area contributed by atoms with E-state index in [-0.39, 0.29) is 18.0 Å². The number of halogens is 3. The highest BCUT2D eigenvalue weighted by molar-refractivity contribution is 7.91. The van der Waals surface area contributed by atoms with Crippen LogP contribution in [0.15, 0.2) is 61.1 Å². The molecule has 0 fully saturated rings. The zero-order valence-electron chi connectivity index (χ0n) is 20.8. The van der Waals surface area contributed by atoms with Crippen molar-refractivity contribution in [1.29, 1.82) is 0 Å². The summed E-state index contributed by atoms with van der Waals surface area (Å²) < 4.78 is 71.7. The van der Waals surface area contributed by atoms with E-state index in [4.69, 9.17) is 4.74 Å².